The van der Waals surface area contributed by atoms with E-state index in [1.54, 1.807) is 42.5 Å². The van der Waals surface area contributed by atoms with Gasteiger partial charge >= 0.3 is 0 Å². The molecule has 2 aromatic carbocycles. The summed E-state index contributed by atoms with van der Waals surface area (Å²) in [6, 6.07) is 14.5. The van der Waals surface area contributed by atoms with Gasteiger partial charge in [-0.05, 0) is 36.4 Å². The summed E-state index contributed by atoms with van der Waals surface area (Å²) in [6.07, 6.45) is -0.0428. The Kier molecular flexibility index (Phi) is 4.57. The minimum absolute atomic E-state index is 0.0428. The van der Waals surface area contributed by atoms with Crippen molar-refractivity contribution in [1.29, 1.82) is 0 Å². The third-order valence-corrected chi connectivity index (χ3v) is 4.85. The highest BCUT2D eigenvalue weighted by atomic mass is 35.5. The number of rotatable bonds is 5. The van der Waals surface area contributed by atoms with Crippen LogP contribution in [-0.2, 0) is 9.84 Å². The Hall–Kier alpha value is -1.65. The number of hydrogen-bond donors (Lipinski definition) is 0. The molecule has 0 aliphatic carbocycles. The largest absolute Gasteiger partial charge is 0.294 e. The molecule has 2 aromatic rings. The molecule has 0 radical (unpaired) electrons. The molecule has 0 bridgehead atoms. The Bertz CT molecular complexity index is 692. The predicted molar refractivity (Wildman–Crippen MR) is 78.9 cm³/mol. The molecular formula is C15H13ClO3S. The van der Waals surface area contributed by atoms with Gasteiger partial charge in [0.2, 0.25) is 0 Å². The van der Waals surface area contributed by atoms with Crippen molar-refractivity contribution < 1.29 is 13.2 Å². The van der Waals surface area contributed by atoms with E-state index in [1.165, 1.54) is 12.1 Å². The quantitative estimate of drug-likeness (QED) is 0.796. The molecule has 0 aromatic heterocycles. The molecule has 20 heavy (non-hydrogen) atoms. The molecule has 0 heterocycles. The van der Waals surface area contributed by atoms with Gasteiger partial charge in [-0.1, -0.05) is 29.8 Å². The molecule has 0 unspecified atom stereocenters. The van der Waals surface area contributed by atoms with Crippen molar-refractivity contribution in [2.75, 3.05) is 5.75 Å². The lowest BCUT2D eigenvalue weighted by molar-refractivity contribution is 0.0989. The summed E-state index contributed by atoms with van der Waals surface area (Å²) in [5.41, 5.74) is 0.470. The van der Waals surface area contributed by atoms with E-state index in [-0.39, 0.29) is 22.9 Å². The first-order chi connectivity index (χ1) is 9.49. The summed E-state index contributed by atoms with van der Waals surface area (Å²) in [4.78, 5) is 12.2. The second-order valence-electron chi connectivity index (χ2n) is 4.31. The molecule has 3 nitrogen and oxygen atoms in total. The zero-order valence-electron chi connectivity index (χ0n) is 10.6. The predicted octanol–water partition coefficient (Wildman–Crippen LogP) is 3.39. The molecular weight excluding hydrogens is 296 g/mol. The maximum atomic E-state index is 12.0. The minimum Gasteiger partial charge on any atom is -0.294 e. The van der Waals surface area contributed by atoms with Gasteiger partial charge in [-0.15, -0.1) is 0 Å². The number of Topliss-reactive ketones (excluding diaryl/α,β-unsaturated/α-hetero) is 1. The van der Waals surface area contributed by atoms with Crippen molar-refractivity contribution in [3.8, 4) is 0 Å². The van der Waals surface area contributed by atoms with Crippen LogP contribution in [0.5, 0.6) is 0 Å². The van der Waals surface area contributed by atoms with Gasteiger partial charge in [0.15, 0.2) is 15.6 Å². The molecule has 0 amide bonds. The van der Waals surface area contributed by atoms with Crippen molar-refractivity contribution >= 4 is 27.2 Å². The topological polar surface area (TPSA) is 51.2 Å². The number of ketones is 1. The van der Waals surface area contributed by atoms with Crippen LogP contribution in [0, 0.1) is 0 Å². The van der Waals surface area contributed by atoms with E-state index < -0.39 is 9.84 Å². The van der Waals surface area contributed by atoms with Crippen LogP contribution in [0.4, 0.5) is 0 Å². The fraction of sp³-hybridized carbons (Fsp3) is 0.133. The van der Waals surface area contributed by atoms with Crippen LogP contribution in [0.2, 0.25) is 5.02 Å². The van der Waals surface area contributed by atoms with Crippen molar-refractivity contribution in [2.24, 2.45) is 0 Å². The van der Waals surface area contributed by atoms with Gasteiger partial charge in [-0.2, -0.15) is 0 Å². The number of halogens is 1. The molecule has 0 N–H and O–H groups in total. The van der Waals surface area contributed by atoms with Crippen LogP contribution >= 0.6 is 11.6 Å². The number of carbonyl (C=O) groups excluding carboxylic acids is 1. The van der Waals surface area contributed by atoms with Crippen molar-refractivity contribution in [1.82, 2.24) is 0 Å². The number of benzene rings is 2. The Morgan fingerprint density at radius 2 is 1.55 bits per heavy atom. The molecule has 2 rings (SSSR count). The van der Waals surface area contributed by atoms with Gasteiger partial charge in [0, 0.05) is 17.0 Å². The molecule has 0 spiro atoms. The highest BCUT2D eigenvalue weighted by molar-refractivity contribution is 7.91. The second kappa shape index (κ2) is 6.20. The van der Waals surface area contributed by atoms with Gasteiger partial charge in [-0.3, -0.25) is 4.79 Å². The normalized spacial score (nSPS) is 11.2. The summed E-state index contributed by atoms with van der Waals surface area (Å²) in [5.74, 6) is -0.403. The monoisotopic (exact) mass is 308 g/mol. The van der Waals surface area contributed by atoms with E-state index in [4.69, 9.17) is 11.6 Å². The molecule has 5 heteroatoms. The fourth-order valence-corrected chi connectivity index (χ4v) is 3.14. The molecule has 0 fully saturated rings. The Labute approximate surface area is 123 Å². The summed E-state index contributed by atoms with van der Waals surface area (Å²) in [7, 11) is -3.42. The van der Waals surface area contributed by atoms with Crippen LogP contribution in [-0.4, -0.2) is 20.0 Å². The maximum Gasteiger partial charge on any atom is 0.178 e. The molecule has 0 atom stereocenters. The summed E-state index contributed by atoms with van der Waals surface area (Å²) in [5, 5.41) is 0.540. The van der Waals surface area contributed by atoms with E-state index in [9.17, 15) is 13.2 Å². The Morgan fingerprint density at radius 3 is 2.15 bits per heavy atom. The van der Waals surface area contributed by atoms with Crippen LogP contribution < -0.4 is 0 Å². The molecule has 104 valence electrons. The zero-order valence-corrected chi connectivity index (χ0v) is 12.2. The second-order valence-corrected chi connectivity index (χ2v) is 6.86. The van der Waals surface area contributed by atoms with Gasteiger partial charge < -0.3 is 0 Å². The van der Waals surface area contributed by atoms with Crippen LogP contribution in [0.3, 0.4) is 0 Å². The maximum absolute atomic E-state index is 12.0. The number of hydrogen-bond acceptors (Lipinski definition) is 3. The average Bonchev–Trinajstić information content (AvgIpc) is 2.46. The lowest BCUT2D eigenvalue weighted by Crippen LogP contribution is -2.11. The van der Waals surface area contributed by atoms with Crippen molar-refractivity contribution in [3.05, 3.63) is 65.2 Å². The summed E-state index contributed by atoms with van der Waals surface area (Å²) >= 11 is 5.74. The lowest BCUT2D eigenvalue weighted by Gasteiger charge is -2.04. The average molecular weight is 309 g/mol. The Morgan fingerprint density at radius 1 is 0.950 bits per heavy atom. The first-order valence-electron chi connectivity index (χ1n) is 6.05. The van der Waals surface area contributed by atoms with Crippen molar-refractivity contribution in [3.63, 3.8) is 0 Å². The first-order valence-corrected chi connectivity index (χ1v) is 8.09. The first kappa shape index (κ1) is 14.8. The molecule has 0 aliphatic heterocycles. The van der Waals surface area contributed by atoms with Gasteiger partial charge in [0.1, 0.15) is 0 Å². The Balaban J connectivity index is 2.05. The third kappa shape index (κ3) is 3.68. The highest BCUT2D eigenvalue weighted by Crippen LogP contribution is 2.14. The van der Waals surface area contributed by atoms with E-state index in [0.717, 1.165) is 0 Å². The van der Waals surface area contributed by atoms with E-state index in [2.05, 4.69) is 0 Å². The number of carbonyl (C=O) groups is 1. The minimum atomic E-state index is -3.42. The van der Waals surface area contributed by atoms with Crippen LogP contribution in [0.25, 0.3) is 0 Å². The zero-order chi connectivity index (χ0) is 14.6. The highest BCUT2D eigenvalue weighted by Gasteiger charge is 2.16. The SMILES string of the molecule is O=C(CCS(=O)(=O)c1ccccc1)c1ccc(Cl)cc1. The third-order valence-electron chi connectivity index (χ3n) is 2.87. The van der Waals surface area contributed by atoms with Gasteiger partial charge in [0.25, 0.3) is 0 Å². The lowest BCUT2D eigenvalue weighted by atomic mass is 10.1. The molecule has 0 saturated heterocycles. The van der Waals surface area contributed by atoms with E-state index >= 15 is 0 Å². The van der Waals surface area contributed by atoms with E-state index in [0.29, 0.717) is 10.6 Å². The van der Waals surface area contributed by atoms with Crippen molar-refractivity contribution in [2.45, 2.75) is 11.3 Å². The molecule has 0 saturated carbocycles. The van der Waals surface area contributed by atoms with Crippen LogP contribution in [0.15, 0.2) is 59.5 Å². The van der Waals surface area contributed by atoms with Gasteiger partial charge in [-0.25, -0.2) is 8.42 Å². The summed E-state index contributed by atoms with van der Waals surface area (Å²) < 4.78 is 24.1. The van der Waals surface area contributed by atoms with E-state index in [1.807, 2.05) is 0 Å². The standard InChI is InChI=1S/C15H13ClO3S/c16-13-8-6-12(7-9-13)15(17)10-11-20(18,19)14-4-2-1-3-5-14/h1-9H,10-11H2. The molecule has 0 aliphatic rings. The summed E-state index contributed by atoms with van der Waals surface area (Å²) in [6.45, 7) is 0. The van der Waals surface area contributed by atoms with Crippen LogP contribution in [0.1, 0.15) is 16.8 Å². The fourth-order valence-electron chi connectivity index (χ4n) is 1.75. The van der Waals surface area contributed by atoms with Gasteiger partial charge in [0.05, 0.1) is 10.6 Å². The smallest absolute Gasteiger partial charge is 0.178 e. The number of sulfone groups is 1.